The summed E-state index contributed by atoms with van der Waals surface area (Å²) in [5.74, 6) is -0.196. The largest absolute Gasteiger partial charge is 0.325 e. The zero-order chi connectivity index (χ0) is 18.3. The van der Waals surface area contributed by atoms with Gasteiger partial charge in [0, 0.05) is 28.5 Å². The van der Waals surface area contributed by atoms with Crippen LogP contribution in [0.4, 0.5) is 5.69 Å². The first kappa shape index (κ1) is 17.1. The molecule has 0 aliphatic rings. The summed E-state index contributed by atoms with van der Waals surface area (Å²) in [5.41, 5.74) is 0.761. The van der Waals surface area contributed by atoms with Gasteiger partial charge >= 0.3 is 0 Å². The van der Waals surface area contributed by atoms with Gasteiger partial charge in [0.05, 0.1) is 13.0 Å². The fourth-order valence-electron chi connectivity index (χ4n) is 3.34. The van der Waals surface area contributed by atoms with Crippen molar-refractivity contribution < 1.29 is 13.2 Å². The Morgan fingerprint density at radius 3 is 2.31 bits per heavy atom. The number of anilines is 1. The molecule has 0 radical (unpaired) electrons. The van der Waals surface area contributed by atoms with Gasteiger partial charge in [-0.3, -0.25) is 8.98 Å². The molecule has 0 heterocycles. The van der Waals surface area contributed by atoms with Gasteiger partial charge in [0.2, 0.25) is 5.91 Å². The van der Waals surface area contributed by atoms with E-state index in [-0.39, 0.29) is 18.9 Å². The van der Waals surface area contributed by atoms with Gasteiger partial charge in [0.1, 0.15) is 8.77 Å². The third-order valence-corrected chi connectivity index (χ3v) is 5.31. The van der Waals surface area contributed by atoms with Crippen molar-refractivity contribution in [2.75, 3.05) is 18.2 Å². The maximum Gasteiger partial charge on any atom is 0.226 e. The summed E-state index contributed by atoms with van der Waals surface area (Å²) in [6.07, 6.45) is 1.44. The van der Waals surface area contributed by atoms with Crippen molar-refractivity contribution in [3.05, 3.63) is 54.6 Å². The monoisotopic (exact) mass is 383 g/mol. The molecule has 26 heavy (non-hydrogen) atoms. The minimum Gasteiger partial charge on any atom is -0.325 e. The van der Waals surface area contributed by atoms with E-state index < -0.39 is 8.77 Å². The van der Waals surface area contributed by atoms with Gasteiger partial charge in [-0.1, -0.05) is 48.5 Å². The molecule has 0 spiro atoms. The second-order valence-corrected chi connectivity index (χ2v) is 9.75. The summed E-state index contributed by atoms with van der Waals surface area (Å²) in [6, 6.07) is 18.5. The summed E-state index contributed by atoms with van der Waals surface area (Å²) in [5, 5.41) is 9.80. The van der Waals surface area contributed by atoms with Crippen molar-refractivity contribution in [2.24, 2.45) is 0 Å². The lowest BCUT2D eigenvalue weighted by Crippen LogP contribution is -2.15. The molecular formula is C20H17NO3S2. The van der Waals surface area contributed by atoms with E-state index in [1.807, 2.05) is 18.2 Å². The van der Waals surface area contributed by atoms with Crippen LogP contribution >= 0.6 is 0 Å². The predicted molar refractivity (Wildman–Crippen MR) is 111 cm³/mol. The molecule has 1 atom stereocenters. The van der Waals surface area contributed by atoms with Crippen molar-refractivity contribution in [1.29, 1.82) is 0 Å². The van der Waals surface area contributed by atoms with Crippen LogP contribution in [0.1, 0.15) is 6.42 Å². The standard InChI is InChI=1S/C20H17NO3S2/c1-26(23,25)24-12-11-18(22)21-17-10-8-15-6-5-13-3-2-4-14-7-9-16(17)20(15)19(13)14/h2-10H,11-12H2,1H3,(H,21,22). The number of carbonyl (C=O) groups excluding carboxylic acids is 1. The first-order chi connectivity index (χ1) is 12.4. The summed E-state index contributed by atoms with van der Waals surface area (Å²) < 4.78 is 16.4. The minimum atomic E-state index is -2.71. The molecule has 1 N–H and O–H groups in total. The highest BCUT2D eigenvalue weighted by Gasteiger charge is 2.12. The Morgan fingerprint density at radius 1 is 1.00 bits per heavy atom. The second-order valence-electron chi connectivity index (χ2n) is 6.29. The van der Waals surface area contributed by atoms with Crippen molar-refractivity contribution in [3.63, 3.8) is 0 Å². The van der Waals surface area contributed by atoms with Crippen molar-refractivity contribution in [2.45, 2.75) is 6.42 Å². The zero-order valence-electron chi connectivity index (χ0n) is 14.2. The lowest BCUT2D eigenvalue weighted by molar-refractivity contribution is -0.116. The summed E-state index contributed by atoms with van der Waals surface area (Å²) in [6.45, 7) is 0.0382. The van der Waals surface area contributed by atoms with Crippen LogP contribution in [0, 0.1) is 0 Å². The van der Waals surface area contributed by atoms with Crippen LogP contribution in [0.2, 0.25) is 0 Å². The first-order valence-electron chi connectivity index (χ1n) is 8.23. The number of rotatable bonds is 5. The zero-order valence-corrected chi connectivity index (χ0v) is 15.8. The number of hydrogen-bond acceptors (Lipinski definition) is 4. The molecule has 0 aromatic heterocycles. The molecule has 4 rings (SSSR count). The number of carbonyl (C=O) groups is 1. The van der Waals surface area contributed by atoms with E-state index in [4.69, 9.17) is 4.18 Å². The predicted octanol–water partition coefficient (Wildman–Crippen LogP) is 4.22. The van der Waals surface area contributed by atoms with E-state index in [2.05, 4.69) is 52.9 Å². The molecule has 4 aromatic carbocycles. The highest BCUT2D eigenvalue weighted by atomic mass is 32.8. The number of amides is 1. The molecule has 1 unspecified atom stereocenters. The second kappa shape index (κ2) is 6.46. The number of hydrogen-bond donors (Lipinski definition) is 1. The molecule has 0 fully saturated rings. The van der Waals surface area contributed by atoms with Crippen molar-refractivity contribution in [1.82, 2.24) is 0 Å². The van der Waals surface area contributed by atoms with Crippen LogP contribution in [-0.2, 0) is 28.9 Å². The van der Waals surface area contributed by atoms with E-state index in [1.54, 1.807) is 0 Å². The molecule has 1 amide bonds. The maximum absolute atomic E-state index is 12.2. The summed E-state index contributed by atoms with van der Waals surface area (Å²) >= 11 is 4.68. The van der Waals surface area contributed by atoms with E-state index >= 15 is 0 Å². The number of benzene rings is 4. The van der Waals surface area contributed by atoms with Crippen LogP contribution in [0.15, 0.2) is 54.6 Å². The Hall–Kier alpha value is -2.28. The van der Waals surface area contributed by atoms with Crippen LogP contribution in [0.25, 0.3) is 32.3 Å². The topological polar surface area (TPSA) is 55.4 Å². The Kier molecular flexibility index (Phi) is 4.26. The van der Waals surface area contributed by atoms with E-state index in [0.717, 1.165) is 21.8 Å². The van der Waals surface area contributed by atoms with Crippen molar-refractivity contribution >= 4 is 63.9 Å². The molecule has 0 saturated heterocycles. The number of nitrogens with one attached hydrogen (secondary N) is 1. The molecule has 132 valence electrons. The van der Waals surface area contributed by atoms with Gasteiger partial charge in [-0.15, -0.1) is 0 Å². The van der Waals surface area contributed by atoms with E-state index in [1.165, 1.54) is 22.4 Å². The van der Waals surface area contributed by atoms with Crippen LogP contribution in [0.3, 0.4) is 0 Å². The fraction of sp³-hybridized carbons (Fsp3) is 0.150. The summed E-state index contributed by atoms with van der Waals surface area (Å²) in [7, 11) is -2.71. The van der Waals surface area contributed by atoms with Gasteiger partial charge in [-0.05, 0) is 33.0 Å². The summed E-state index contributed by atoms with van der Waals surface area (Å²) in [4.78, 5) is 12.2. The fourth-order valence-corrected chi connectivity index (χ4v) is 3.93. The normalized spacial score (nSPS) is 14.0. The Bertz CT molecular complexity index is 1220. The van der Waals surface area contributed by atoms with Gasteiger partial charge in [-0.2, -0.15) is 0 Å². The Balaban J connectivity index is 1.71. The molecular weight excluding hydrogens is 366 g/mol. The quantitative estimate of drug-likeness (QED) is 0.524. The molecule has 4 nitrogen and oxygen atoms in total. The molecule has 0 aliphatic heterocycles. The van der Waals surface area contributed by atoms with Gasteiger partial charge in [0.15, 0.2) is 0 Å². The molecule has 0 aliphatic carbocycles. The molecule has 4 aromatic rings. The highest BCUT2D eigenvalue weighted by molar-refractivity contribution is 8.29. The first-order valence-corrected chi connectivity index (χ1v) is 11.0. The van der Waals surface area contributed by atoms with E-state index in [0.29, 0.717) is 0 Å². The molecule has 0 saturated carbocycles. The molecule has 6 heteroatoms. The smallest absolute Gasteiger partial charge is 0.226 e. The van der Waals surface area contributed by atoms with Crippen molar-refractivity contribution in [3.8, 4) is 0 Å². The van der Waals surface area contributed by atoms with Gasteiger partial charge < -0.3 is 5.32 Å². The van der Waals surface area contributed by atoms with E-state index in [9.17, 15) is 9.00 Å². The highest BCUT2D eigenvalue weighted by Crippen LogP contribution is 2.37. The lowest BCUT2D eigenvalue weighted by atomic mass is 9.93. The Morgan fingerprint density at radius 2 is 1.62 bits per heavy atom. The van der Waals surface area contributed by atoms with Gasteiger partial charge in [-0.25, -0.2) is 4.21 Å². The van der Waals surface area contributed by atoms with Crippen LogP contribution in [0.5, 0.6) is 0 Å². The maximum atomic E-state index is 12.2. The average Bonchev–Trinajstić information content (AvgIpc) is 2.60. The minimum absolute atomic E-state index is 0.0382. The lowest BCUT2D eigenvalue weighted by Gasteiger charge is -2.14. The SMILES string of the molecule is CS(=O)(=S)OCCC(=O)Nc1ccc2ccc3cccc4ccc1c2c34. The Labute approximate surface area is 156 Å². The van der Waals surface area contributed by atoms with Gasteiger partial charge in [0.25, 0.3) is 0 Å². The van der Waals surface area contributed by atoms with Crippen LogP contribution in [-0.4, -0.2) is 23.0 Å². The van der Waals surface area contributed by atoms with Crippen LogP contribution < -0.4 is 5.32 Å². The third-order valence-electron chi connectivity index (χ3n) is 4.43. The molecule has 0 bridgehead atoms. The average molecular weight is 383 g/mol. The third kappa shape index (κ3) is 3.23.